The Balaban J connectivity index is 2.32. The molecular weight excluding hydrogens is 186 g/mol. The Morgan fingerprint density at radius 2 is 2.33 bits per heavy atom. The van der Waals surface area contributed by atoms with Crippen LogP contribution in [0, 0.1) is 0 Å². The van der Waals surface area contributed by atoms with Crippen molar-refractivity contribution in [1.82, 2.24) is 15.2 Å². The van der Waals surface area contributed by atoms with Crippen LogP contribution in [0.25, 0.3) is 5.70 Å². The van der Waals surface area contributed by atoms with Gasteiger partial charge in [0, 0.05) is 56.8 Å². The zero-order valence-corrected chi connectivity index (χ0v) is 9.38. The molecule has 1 aliphatic rings. The van der Waals surface area contributed by atoms with Crippen LogP contribution in [0.5, 0.6) is 0 Å². The fraction of sp³-hybridized carbons (Fsp3) is 0.417. The van der Waals surface area contributed by atoms with Crippen LogP contribution in [0.15, 0.2) is 18.8 Å². The van der Waals surface area contributed by atoms with Crippen LogP contribution in [-0.2, 0) is 13.0 Å². The van der Waals surface area contributed by atoms with Gasteiger partial charge in [-0.3, -0.25) is 4.98 Å². The number of aromatic nitrogens is 1. The van der Waals surface area contributed by atoms with Gasteiger partial charge in [-0.05, 0) is 11.6 Å². The smallest absolute Gasteiger partial charge is 0.0461 e. The van der Waals surface area contributed by atoms with Gasteiger partial charge in [-0.15, -0.1) is 0 Å². The SMILES string of the molecule is C=C(c1cnc2c(c1)CNCC2)N(C)C. The second-order valence-electron chi connectivity index (χ2n) is 4.10. The number of hydrogen-bond acceptors (Lipinski definition) is 3. The van der Waals surface area contributed by atoms with Crippen LogP contribution in [0.1, 0.15) is 16.8 Å². The second kappa shape index (κ2) is 4.03. The summed E-state index contributed by atoms with van der Waals surface area (Å²) in [6, 6.07) is 2.19. The van der Waals surface area contributed by atoms with Gasteiger partial charge in [0.25, 0.3) is 0 Å². The van der Waals surface area contributed by atoms with Crippen molar-refractivity contribution < 1.29 is 0 Å². The van der Waals surface area contributed by atoms with Gasteiger partial charge in [0.1, 0.15) is 0 Å². The lowest BCUT2D eigenvalue weighted by atomic mass is 10.0. The van der Waals surface area contributed by atoms with E-state index in [0.717, 1.165) is 30.8 Å². The Morgan fingerprint density at radius 3 is 3.07 bits per heavy atom. The predicted octanol–water partition coefficient (Wildman–Crippen LogP) is 1.26. The average molecular weight is 203 g/mol. The number of nitrogens with zero attached hydrogens (tertiary/aromatic N) is 2. The number of rotatable bonds is 2. The molecule has 0 bridgehead atoms. The van der Waals surface area contributed by atoms with E-state index in [1.807, 2.05) is 25.2 Å². The van der Waals surface area contributed by atoms with E-state index in [0.29, 0.717) is 0 Å². The fourth-order valence-corrected chi connectivity index (χ4v) is 1.76. The number of nitrogens with one attached hydrogen (secondary N) is 1. The minimum atomic E-state index is 0.927. The van der Waals surface area contributed by atoms with E-state index in [9.17, 15) is 0 Å². The van der Waals surface area contributed by atoms with Gasteiger partial charge >= 0.3 is 0 Å². The van der Waals surface area contributed by atoms with Crippen molar-refractivity contribution in [3.63, 3.8) is 0 Å². The van der Waals surface area contributed by atoms with E-state index < -0.39 is 0 Å². The third-order valence-corrected chi connectivity index (χ3v) is 2.79. The maximum absolute atomic E-state index is 4.50. The predicted molar refractivity (Wildman–Crippen MR) is 62.4 cm³/mol. The highest BCUT2D eigenvalue weighted by Gasteiger charge is 2.11. The Bertz CT molecular complexity index is 382. The second-order valence-corrected chi connectivity index (χ2v) is 4.10. The fourth-order valence-electron chi connectivity index (χ4n) is 1.76. The molecule has 2 heterocycles. The molecule has 15 heavy (non-hydrogen) atoms. The third kappa shape index (κ3) is 2.02. The molecule has 0 fully saturated rings. The van der Waals surface area contributed by atoms with Crippen molar-refractivity contribution in [3.05, 3.63) is 35.7 Å². The maximum atomic E-state index is 4.50. The zero-order chi connectivity index (χ0) is 10.8. The van der Waals surface area contributed by atoms with E-state index in [-0.39, 0.29) is 0 Å². The Kier molecular flexibility index (Phi) is 2.73. The summed E-state index contributed by atoms with van der Waals surface area (Å²) in [4.78, 5) is 6.51. The van der Waals surface area contributed by atoms with Crippen molar-refractivity contribution >= 4 is 5.70 Å². The largest absolute Gasteiger partial charge is 0.378 e. The van der Waals surface area contributed by atoms with E-state index in [4.69, 9.17) is 0 Å². The van der Waals surface area contributed by atoms with Crippen LogP contribution in [0.3, 0.4) is 0 Å². The molecule has 0 amide bonds. The van der Waals surface area contributed by atoms with Crippen LogP contribution < -0.4 is 5.32 Å². The summed E-state index contributed by atoms with van der Waals surface area (Å²) in [6.07, 6.45) is 2.95. The van der Waals surface area contributed by atoms with Gasteiger partial charge < -0.3 is 10.2 Å². The Hall–Kier alpha value is -1.35. The molecule has 3 nitrogen and oxygen atoms in total. The molecule has 0 aliphatic carbocycles. The standard InChI is InChI=1S/C12H17N3/c1-9(15(2)3)10-6-11-7-13-5-4-12(11)14-8-10/h6,8,13H,1,4-5,7H2,2-3H3. The minimum absolute atomic E-state index is 0.927. The molecule has 1 aliphatic heterocycles. The molecule has 0 radical (unpaired) electrons. The molecule has 0 spiro atoms. The number of fused-ring (bicyclic) bond motifs is 1. The van der Waals surface area contributed by atoms with Gasteiger partial charge in [-0.2, -0.15) is 0 Å². The van der Waals surface area contributed by atoms with E-state index in [1.54, 1.807) is 0 Å². The molecule has 0 saturated carbocycles. The topological polar surface area (TPSA) is 28.2 Å². The normalized spacial score (nSPS) is 14.5. The first kappa shape index (κ1) is 10.2. The summed E-state index contributed by atoms with van der Waals surface area (Å²) in [5.41, 5.74) is 4.66. The lowest BCUT2D eigenvalue weighted by Gasteiger charge is -2.20. The summed E-state index contributed by atoms with van der Waals surface area (Å²) >= 11 is 0. The molecular formula is C12H17N3. The van der Waals surface area contributed by atoms with E-state index >= 15 is 0 Å². The van der Waals surface area contributed by atoms with Gasteiger partial charge in [-0.1, -0.05) is 6.58 Å². The summed E-state index contributed by atoms with van der Waals surface area (Å²) in [5.74, 6) is 0. The Morgan fingerprint density at radius 1 is 1.53 bits per heavy atom. The third-order valence-electron chi connectivity index (χ3n) is 2.79. The average Bonchev–Trinajstić information content (AvgIpc) is 2.27. The zero-order valence-electron chi connectivity index (χ0n) is 9.38. The molecule has 1 aromatic rings. The minimum Gasteiger partial charge on any atom is -0.378 e. The lowest BCUT2D eigenvalue weighted by molar-refractivity contribution is 0.591. The monoisotopic (exact) mass is 203 g/mol. The first-order valence-electron chi connectivity index (χ1n) is 5.23. The molecule has 3 heteroatoms. The molecule has 0 unspecified atom stereocenters. The highest BCUT2D eigenvalue weighted by Crippen LogP contribution is 2.18. The Labute approximate surface area is 90.8 Å². The van der Waals surface area contributed by atoms with Gasteiger partial charge in [0.2, 0.25) is 0 Å². The number of pyridine rings is 1. The van der Waals surface area contributed by atoms with Gasteiger partial charge in [0.05, 0.1) is 0 Å². The lowest BCUT2D eigenvalue weighted by Crippen LogP contribution is -2.24. The molecule has 1 N–H and O–H groups in total. The van der Waals surface area contributed by atoms with Gasteiger partial charge in [-0.25, -0.2) is 0 Å². The van der Waals surface area contributed by atoms with Gasteiger partial charge in [0.15, 0.2) is 0 Å². The number of hydrogen-bond donors (Lipinski definition) is 1. The summed E-state index contributed by atoms with van der Waals surface area (Å²) in [7, 11) is 4.00. The highest BCUT2D eigenvalue weighted by molar-refractivity contribution is 5.61. The molecule has 0 atom stereocenters. The molecule has 2 rings (SSSR count). The van der Waals surface area contributed by atoms with Crippen molar-refractivity contribution in [3.8, 4) is 0 Å². The summed E-state index contributed by atoms with van der Waals surface area (Å²) in [5, 5.41) is 3.35. The molecule has 0 saturated heterocycles. The van der Waals surface area contributed by atoms with Crippen molar-refractivity contribution in [2.75, 3.05) is 20.6 Å². The van der Waals surface area contributed by atoms with Crippen LogP contribution in [0.2, 0.25) is 0 Å². The first-order chi connectivity index (χ1) is 7.18. The van der Waals surface area contributed by atoms with Crippen molar-refractivity contribution in [1.29, 1.82) is 0 Å². The molecule has 1 aromatic heterocycles. The van der Waals surface area contributed by atoms with E-state index in [2.05, 4.69) is 22.9 Å². The summed E-state index contributed by atoms with van der Waals surface area (Å²) in [6.45, 7) is 6.00. The van der Waals surface area contributed by atoms with Crippen LogP contribution >= 0.6 is 0 Å². The molecule has 0 aromatic carbocycles. The first-order valence-corrected chi connectivity index (χ1v) is 5.23. The quantitative estimate of drug-likeness (QED) is 0.784. The maximum Gasteiger partial charge on any atom is 0.0461 e. The highest BCUT2D eigenvalue weighted by atomic mass is 15.1. The van der Waals surface area contributed by atoms with Crippen LogP contribution in [-0.4, -0.2) is 30.5 Å². The molecule has 80 valence electrons. The van der Waals surface area contributed by atoms with Crippen molar-refractivity contribution in [2.24, 2.45) is 0 Å². The van der Waals surface area contributed by atoms with Crippen molar-refractivity contribution in [2.45, 2.75) is 13.0 Å². The van der Waals surface area contributed by atoms with E-state index in [1.165, 1.54) is 11.3 Å². The van der Waals surface area contributed by atoms with Crippen LogP contribution in [0.4, 0.5) is 0 Å². The summed E-state index contributed by atoms with van der Waals surface area (Å²) < 4.78 is 0.